The Balaban J connectivity index is 1.40. The van der Waals surface area contributed by atoms with E-state index in [1.54, 1.807) is 24.3 Å². The van der Waals surface area contributed by atoms with Gasteiger partial charge in [0.15, 0.2) is 6.61 Å². The molecule has 1 amide bonds. The van der Waals surface area contributed by atoms with Crippen molar-refractivity contribution in [1.82, 2.24) is 9.88 Å². The summed E-state index contributed by atoms with van der Waals surface area (Å²) in [5, 5.41) is 5.06. The summed E-state index contributed by atoms with van der Waals surface area (Å²) in [6, 6.07) is 15.6. The lowest BCUT2D eigenvalue weighted by atomic mass is 9.91. The number of amides is 1. The molecule has 0 saturated heterocycles. The number of hydrogen-bond donors (Lipinski definition) is 1. The second kappa shape index (κ2) is 7.04. The van der Waals surface area contributed by atoms with Gasteiger partial charge in [0.2, 0.25) is 0 Å². The molecule has 0 aliphatic heterocycles. The maximum absolute atomic E-state index is 12.3. The highest BCUT2D eigenvalue weighted by atomic mass is 35.5. The summed E-state index contributed by atoms with van der Waals surface area (Å²) in [6.07, 6.45) is 2.79. The van der Waals surface area contributed by atoms with Crippen LogP contribution < -0.4 is 10.1 Å². The Morgan fingerprint density at radius 2 is 2.00 bits per heavy atom. The first-order chi connectivity index (χ1) is 12.6. The maximum atomic E-state index is 12.3. The van der Waals surface area contributed by atoms with E-state index in [0.29, 0.717) is 10.8 Å². The first-order valence-corrected chi connectivity index (χ1v) is 9.22. The highest BCUT2D eigenvalue weighted by Crippen LogP contribution is 2.31. The van der Waals surface area contributed by atoms with Gasteiger partial charge in [-0.1, -0.05) is 29.8 Å². The molecule has 0 fully saturated rings. The van der Waals surface area contributed by atoms with Crippen molar-refractivity contribution >= 4 is 28.4 Å². The van der Waals surface area contributed by atoms with Crippen LogP contribution in [0.25, 0.3) is 10.9 Å². The van der Waals surface area contributed by atoms with Gasteiger partial charge in [-0.05, 0) is 55.2 Å². The van der Waals surface area contributed by atoms with Crippen LogP contribution in [0.2, 0.25) is 5.02 Å². The fourth-order valence-corrected chi connectivity index (χ4v) is 3.93. The normalized spacial score (nSPS) is 16.3. The van der Waals surface area contributed by atoms with Gasteiger partial charge in [0.05, 0.1) is 0 Å². The molecule has 5 heteroatoms. The molecule has 1 aliphatic rings. The third-order valence-corrected chi connectivity index (χ3v) is 5.32. The number of aromatic nitrogens is 1. The van der Waals surface area contributed by atoms with Crippen LogP contribution in [-0.4, -0.2) is 23.1 Å². The SMILES string of the molecule is Cn1c2c(c3ccccc31)CC(NC(=O)COc1ccc(Cl)cc1)CC2. The highest BCUT2D eigenvalue weighted by molar-refractivity contribution is 6.30. The monoisotopic (exact) mass is 368 g/mol. The number of para-hydroxylation sites is 1. The van der Waals surface area contributed by atoms with Crippen molar-refractivity contribution in [2.45, 2.75) is 25.3 Å². The zero-order chi connectivity index (χ0) is 18.1. The number of ether oxygens (including phenoxy) is 1. The molecule has 2 aromatic carbocycles. The topological polar surface area (TPSA) is 43.3 Å². The van der Waals surface area contributed by atoms with E-state index < -0.39 is 0 Å². The third kappa shape index (κ3) is 3.29. The second-order valence-electron chi connectivity index (χ2n) is 6.75. The van der Waals surface area contributed by atoms with Crippen LogP contribution in [0.1, 0.15) is 17.7 Å². The number of benzene rings is 2. The summed E-state index contributed by atoms with van der Waals surface area (Å²) in [6.45, 7) is 0.0144. The molecule has 26 heavy (non-hydrogen) atoms. The highest BCUT2D eigenvalue weighted by Gasteiger charge is 2.25. The van der Waals surface area contributed by atoms with Gasteiger partial charge in [0.25, 0.3) is 5.91 Å². The van der Waals surface area contributed by atoms with Gasteiger partial charge in [-0.15, -0.1) is 0 Å². The van der Waals surface area contributed by atoms with Crippen LogP contribution in [0.15, 0.2) is 48.5 Å². The Kier molecular flexibility index (Phi) is 4.60. The summed E-state index contributed by atoms with van der Waals surface area (Å²) < 4.78 is 7.82. The third-order valence-electron chi connectivity index (χ3n) is 5.07. The zero-order valence-corrected chi connectivity index (χ0v) is 15.4. The Morgan fingerprint density at radius 1 is 1.23 bits per heavy atom. The molecule has 1 atom stereocenters. The number of fused-ring (bicyclic) bond motifs is 3. The Hall–Kier alpha value is -2.46. The van der Waals surface area contributed by atoms with Gasteiger partial charge < -0.3 is 14.6 Å². The lowest BCUT2D eigenvalue weighted by Crippen LogP contribution is -2.41. The predicted molar refractivity (Wildman–Crippen MR) is 104 cm³/mol. The van der Waals surface area contributed by atoms with Gasteiger partial charge >= 0.3 is 0 Å². The van der Waals surface area contributed by atoms with Crippen LogP contribution in [-0.2, 0) is 24.7 Å². The lowest BCUT2D eigenvalue weighted by Gasteiger charge is -2.24. The number of carbonyl (C=O) groups excluding carboxylic acids is 1. The van der Waals surface area contributed by atoms with E-state index in [1.807, 2.05) is 0 Å². The summed E-state index contributed by atoms with van der Waals surface area (Å²) in [5.74, 6) is 0.554. The molecular weight excluding hydrogens is 348 g/mol. The molecule has 3 aromatic rings. The van der Waals surface area contributed by atoms with E-state index in [1.165, 1.54) is 22.2 Å². The lowest BCUT2D eigenvalue weighted by molar-refractivity contribution is -0.123. The fourth-order valence-electron chi connectivity index (χ4n) is 3.80. The molecule has 0 bridgehead atoms. The Morgan fingerprint density at radius 3 is 2.81 bits per heavy atom. The van der Waals surface area contributed by atoms with E-state index in [0.717, 1.165) is 19.3 Å². The number of nitrogens with one attached hydrogen (secondary N) is 1. The van der Waals surface area contributed by atoms with Crippen LogP contribution >= 0.6 is 11.6 Å². The molecule has 1 aromatic heterocycles. The molecular formula is C21H21ClN2O2. The van der Waals surface area contributed by atoms with Crippen LogP contribution in [0.5, 0.6) is 5.75 Å². The number of halogens is 1. The summed E-state index contributed by atoms with van der Waals surface area (Å²) in [7, 11) is 2.13. The minimum atomic E-state index is -0.0892. The molecule has 4 nitrogen and oxygen atoms in total. The number of aryl methyl sites for hydroxylation is 1. The molecule has 1 unspecified atom stereocenters. The van der Waals surface area contributed by atoms with E-state index in [-0.39, 0.29) is 18.6 Å². The van der Waals surface area contributed by atoms with Gasteiger partial charge in [0, 0.05) is 34.7 Å². The van der Waals surface area contributed by atoms with Crippen molar-refractivity contribution in [1.29, 1.82) is 0 Å². The minimum absolute atomic E-state index is 0.0144. The van der Waals surface area contributed by atoms with Gasteiger partial charge in [-0.3, -0.25) is 4.79 Å². The van der Waals surface area contributed by atoms with Gasteiger partial charge in [-0.2, -0.15) is 0 Å². The first-order valence-electron chi connectivity index (χ1n) is 8.84. The molecule has 4 rings (SSSR count). The van der Waals surface area contributed by atoms with Crippen molar-refractivity contribution in [3.05, 3.63) is 64.8 Å². The number of carbonyl (C=O) groups is 1. The van der Waals surface area contributed by atoms with Crippen molar-refractivity contribution in [2.24, 2.45) is 7.05 Å². The molecule has 1 aliphatic carbocycles. The largest absolute Gasteiger partial charge is 0.484 e. The Labute approximate surface area is 157 Å². The average molecular weight is 369 g/mol. The molecule has 1 heterocycles. The molecule has 0 radical (unpaired) electrons. The average Bonchev–Trinajstić information content (AvgIpc) is 2.94. The second-order valence-corrected chi connectivity index (χ2v) is 7.19. The van der Waals surface area contributed by atoms with Crippen LogP contribution in [0.4, 0.5) is 0 Å². The van der Waals surface area contributed by atoms with E-state index in [9.17, 15) is 4.79 Å². The van der Waals surface area contributed by atoms with Gasteiger partial charge in [0.1, 0.15) is 5.75 Å². The standard InChI is InChI=1S/C21H21ClN2O2/c1-24-19-5-3-2-4-17(19)18-12-15(8-11-20(18)24)23-21(25)13-26-16-9-6-14(22)7-10-16/h2-7,9-10,15H,8,11-13H2,1H3,(H,23,25). The van der Waals surface area contributed by atoms with Crippen molar-refractivity contribution < 1.29 is 9.53 Å². The summed E-state index contributed by atoms with van der Waals surface area (Å²) in [4.78, 5) is 12.3. The fraction of sp³-hybridized carbons (Fsp3) is 0.286. The van der Waals surface area contributed by atoms with E-state index in [2.05, 4.69) is 41.2 Å². The van der Waals surface area contributed by atoms with Crippen LogP contribution in [0.3, 0.4) is 0 Å². The zero-order valence-electron chi connectivity index (χ0n) is 14.7. The molecule has 1 N–H and O–H groups in total. The first kappa shape index (κ1) is 17.0. The quantitative estimate of drug-likeness (QED) is 0.759. The number of rotatable bonds is 4. The summed E-state index contributed by atoms with van der Waals surface area (Å²) >= 11 is 5.85. The van der Waals surface area contributed by atoms with Crippen molar-refractivity contribution in [3.63, 3.8) is 0 Å². The van der Waals surface area contributed by atoms with Crippen molar-refractivity contribution in [2.75, 3.05) is 6.61 Å². The molecule has 0 spiro atoms. The predicted octanol–water partition coefficient (Wildman–Crippen LogP) is 3.88. The molecule has 0 saturated carbocycles. The van der Waals surface area contributed by atoms with Gasteiger partial charge in [-0.25, -0.2) is 0 Å². The number of hydrogen-bond acceptors (Lipinski definition) is 2. The molecule has 134 valence electrons. The minimum Gasteiger partial charge on any atom is -0.484 e. The smallest absolute Gasteiger partial charge is 0.258 e. The number of nitrogens with zero attached hydrogens (tertiary/aromatic N) is 1. The summed E-state index contributed by atoms with van der Waals surface area (Å²) in [5.41, 5.74) is 4.00. The van der Waals surface area contributed by atoms with Crippen molar-refractivity contribution in [3.8, 4) is 5.75 Å². The maximum Gasteiger partial charge on any atom is 0.258 e. The van der Waals surface area contributed by atoms with E-state index in [4.69, 9.17) is 16.3 Å². The Bertz CT molecular complexity index is 947. The van der Waals surface area contributed by atoms with E-state index >= 15 is 0 Å². The van der Waals surface area contributed by atoms with Crippen LogP contribution in [0, 0.1) is 0 Å².